The van der Waals surface area contributed by atoms with Crippen LogP contribution in [0.5, 0.6) is 0 Å². The summed E-state index contributed by atoms with van der Waals surface area (Å²) in [6.45, 7) is 4.11. The van der Waals surface area contributed by atoms with Crippen molar-refractivity contribution < 1.29 is 14.3 Å². The third-order valence-electron chi connectivity index (χ3n) is 4.46. The number of aryl methyl sites for hydroxylation is 2. The van der Waals surface area contributed by atoms with E-state index in [1.807, 2.05) is 32.0 Å². The van der Waals surface area contributed by atoms with E-state index in [1.165, 1.54) is 0 Å². The molecule has 1 aromatic heterocycles. The number of aliphatic hydroxyl groups is 1. The van der Waals surface area contributed by atoms with E-state index in [2.05, 4.69) is 15.6 Å². The van der Waals surface area contributed by atoms with E-state index in [4.69, 9.17) is 4.42 Å². The highest BCUT2D eigenvalue weighted by Crippen LogP contribution is 2.29. The predicted octanol–water partition coefficient (Wildman–Crippen LogP) is 3.39. The highest BCUT2D eigenvalue weighted by atomic mass is 16.3. The number of anilines is 1. The van der Waals surface area contributed by atoms with Gasteiger partial charge in [-0.25, -0.2) is 9.78 Å². The Kier molecular flexibility index (Phi) is 4.57. The summed E-state index contributed by atoms with van der Waals surface area (Å²) >= 11 is 0. The first-order valence-electron chi connectivity index (χ1n) is 8.26. The molecule has 128 valence electrons. The van der Waals surface area contributed by atoms with Gasteiger partial charge in [0, 0.05) is 17.8 Å². The van der Waals surface area contributed by atoms with Crippen LogP contribution in [0, 0.1) is 13.8 Å². The van der Waals surface area contributed by atoms with Gasteiger partial charge >= 0.3 is 6.03 Å². The Hall–Kier alpha value is -2.34. The Morgan fingerprint density at radius 3 is 2.75 bits per heavy atom. The lowest BCUT2D eigenvalue weighted by molar-refractivity contribution is 0.0506. The second kappa shape index (κ2) is 6.65. The molecule has 3 N–H and O–H groups in total. The summed E-state index contributed by atoms with van der Waals surface area (Å²) < 4.78 is 5.45. The summed E-state index contributed by atoms with van der Waals surface area (Å²) in [7, 11) is 0. The molecule has 1 saturated carbocycles. The standard InChI is InChI=1S/C18H23N3O3/c1-12-5-6-14(9-15(12)16-20-13(2)10-24-16)21-17(22)19-11-18(23)7-3-4-8-18/h5-6,9-10,23H,3-4,7-8,11H2,1-2H3,(H2,19,21,22). The molecule has 6 nitrogen and oxygen atoms in total. The van der Waals surface area contributed by atoms with Gasteiger partial charge < -0.3 is 20.2 Å². The molecule has 1 aromatic carbocycles. The lowest BCUT2D eigenvalue weighted by Gasteiger charge is -2.22. The summed E-state index contributed by atoms with van der Waals surface area (Å²) in [6.07, 6.45) is 5.11. The predicted molar refractivity (Wildman–Crippen MR) is 91.9 cm³/mol. The maximum Gasteiger partial charge on any atom is 0.319 e. The first kappa shape index (κ1) is 16.5. The molecule has 0 atom stereocenters. The van der Waals surface area contributed by atoms with Crippen molar-refractivity contribution in [2.45, 2.75) is 45.1 Å². The van der Waals surface area contributed by atoms with Crippen molar-refractivity contribution in [3.8, 4) is 11.5 Å². The molecule has 0 bridgehead atoms. The van der Waals surface area contributed by atoms with Crippen LogP contribution in [0.25, 0.3) is 11.5 Å². The second-order valence-corrected chi connectivity index (χ2v) is 6.56. The molecule has 2 amide bonds. The summed E-state index contributed by atoms with van der Waals surface area (Å²) in [5.74, 6) is 0.536. The Morgan fingerprint density at radius 2 is 2.08 bits per heavy atom. The van der Waals surface area contributed by atoms with Crippen LogP contribution in [0.3, 0.4) is 0 Å². The zero-order valence-electron chi connectivity index (χ0n) is 14.1. The highest BCUT2D eigenvalue weighted by molar-refractivity contribution is 5.90. The number of nitrogens with one attached hydrogen (secondary N) is 2. The van der Waals surface area contributed by atoms with Crippen molar-refractivity contribution >= 4 is 11.7 Å². The van der Waals surface area contributed by atoms with Crippen LogP contribution in [0.4, 0.5) is 10.5 Å². The number of benzene rings is 1. The fraction of sp³-hybridized carbons (Fsp3) is 0.444. The molecule has 0 aliphatic heterocycles. The lowest BCUT2D eigenvalue weighted by atomic mass is 10.0. The van der Waals surface area contributed by atoms with Crippen molar-refractivity contribution in [1.82, 2.24) is 10.3 Å². The van der Waals surface area contributed by atoms with Crippen molar-refractivity contribution in [2.24, 2.45) is 0 Å². The Bertz CT molecular complexity index is 733. The van der Waals surface area contributed by atoms with Crippen LogP contribution >= 0.6 is 0 Å². The smallest absolute Gasteiger partial charge is 0.319 e. The molecule has 6 heteroatoms. The van der Waals surface area contributed by atoms with E-state index in [-0.39, 0.29) is 12.6 Å². The zero-order valence-corrected chi connectivity index (χ0v) is 14.1. The van der Waals surface area contributed by atoms with Crippen LogP contribution < -0.4 is 10.6 Å². The molecule has 2 aromatic rings. The summed E-state index contributed by atoms with van der Waals surface area (Å²) in [6, 6.07) is 5.26. The number of carbonyl (C=O) groups is 1. The molecule has 1 fully saturated rings. The van der Waals surface area contributed by atoms with Gasteiger partial charge in [0.1, 0.15) is 6.26 Å². The SMILES string of the molecule is Cc1coc(-c2cc(NC(=O)NCC3(O)CCCC3)ccc2C)n1. The molecule has 1 aliphatic rings. The maximum atomic E-state index is 12.1. The zero-order chi connectivity index (χ0) is 17.2. The maximum absolute atomic E-state index is 12.1. The van der Waals surface area contributed by atoms with Crippen molar-refractivity contribution in [1.29, 1.82) is 0 Å². The molecule has 3 rings (SSSR count). The quantitative estimate of drug-likeness (QED) is 0.802. The minimum atomic E-state index is -0.759. The molecule has 1 heterocycles. The van der Waals surface area contributed by atoms with E-state index in [0.29, 0.717) is 11.6 Å². The van der Waals surface area contributed by atoms with Gasteiger partial charge in [-0.15, -0.1) is 0 Å². The summed E-state index contributed by atoms with van der Waals surface area (Å²) in [5, 5.41) is 15.8. The second-order valence-electron chi connectivity index (χ2n) is 6.56. The highest BCUT2D eigenvalue weighted by Gasteiger charge is 2.31. The van der Waals surface area contributed by atoms with Crippen LogP contribution in [-0.2, 0) is 0 Å². The van der Waals surface area contributed by atoms with Gasteiger partial charge in [-0.05, 0) is 44.4 Å². The van der Waals surface area contributed by atoms with Crippen LogP contribution in [0.2, 0.25) is 0 Å². The summed E-state index contributed by atoms with van der Waals surface area (Å²) in [5.41, 5.74) is 2.57. The fourth-order valence-corrected chi connectivity index (χ4v) is 3.04. The first-order chi connectivity index (χ1) is 11.5. The third-order valence-corrected chi connectivity index (χ3v) is 4.46. The normalized spacial score (nSPS) is 16.1. The number of rotatable bonds is 4. The summed E-state index contributed by atoms with van der Waals surface area (Å²) in [4.78, 5) is 16.4. The van der Waals surface area contributed by atoms with E-state index >= 15 is 0 Å². The van der Waals surface area contributed by atoms with Gasteiger partial charge in [-0.2, -0.15) is 0 Å². The number of hydrogen-bond acceptors (Lipinski definition) is 4. The Balaban J connectivity index is 1.65. The number of nitrogens with zero attached hydrogens (tertiary/aromatic N) is 1. The number of carbonyl (C=O) groups excluding carboxylic acids is 1. The molecule has 0 radical (unpaired) electrons. The molecular weight excluding hydrogens is 306 g/mol. The number of oxazole rings is 1. The van der Waals surface area contributed by atoms with Crippen LogP contribution in [0.15, 0.2) is 28.9 Å². The number of hydrogen-bond donors (Lipinski definition) is 3. The van der Waals surface area contributed by atoms with Crippen LogP contribution in [0.1, 0.15) is 36.9 Å². The number of aromatic nitrogens is 1. The van der Waals surface area contributed by atoms with Gasteiger partial charge in [0.05, 0.1) is 11.3 Å². The Labute approximate surface area is 141 Å². The average molecular weight is 329 g/mol. The largest absolute Gasteiger partial charge is 0.444 e. The molecule has 1 aliphatic carbocycles. The minimum Gasteiger partial charge on any atom is -0.444 e. The van der Waals surface area contributed by atoms with Crippen molar-refractivity contribution in [3.05, 3.63) is 35.7 Å². The van der Waals surface area contributed by atoms with Gasteiger partial charge in [0.15, 0.2) is 0 Å². The lowest BCUT2D eigenvalue weighted by Crippen LogP contribution is -2.42. The average Bonchev–Trinajstić information content (AvgIpc) is 3.17. The van der Waals surface area contributed by atoms with E-state index < -0.39 is 5.60 Å². The third kappa shape index (κ3) is 3.76. The Morgan fingerprint density at radius 1 is 1.33 bits per heavy atom. The van der Waals surface area contributed by atoms with E-state index in [1.54, 1.807) is 6.26 Å². The van der Waals surface area contributed by atoms with Gasteiger partial charge in [0.25, 0.3) is 0 Å². The molecular formula is C18H23N3O3. The molecule has 24 heavy (non-hydrogen) atoms. The monoisotopic (exact) mass is 329 g/mol. The van der Waals surface area contributed by atoms with E-state index in [0.717, 1.165) is 42.5 Å². The first-order valence-corrected chi connectivity index (χ1v) is 8.26. The molecule has 0 unspecified atom stereocenters. The van der Waals surface area contributed by atoms with E-state index in [9.17, 15) is 9.90 Å². The topological polar surface area (TPSA) is 87.4 Å². The van der Waals surface area contributed by atoms with Gasteiger partial charge in [-0.1, -0.05) is 18.9 Å². The van der Waals surface area contributed by atoms with Crippen molar-refractivity contribution in [2.75, 3.05) is 11.9 Å². The van der Waals surface area contributed by atoms with Crippen molar-refractivity contribution in [3.63, 3.8) is 0 Å². The number of urea groups is 1. The number of amides is 2. The van der Waals surface area contributed by atoms with Crippen LogP contribution in [-0.4, -0.2) is 28.3 Å². The van der Waals surface area contributed by atoms with Gasteiger partial charge in [0.2, 0.25) is 5.89 Å². The minimum absolute atomic E-state index is 0.274. The molecule has 0 spiro atoms. The van der Waals surface area contributed by atoms with Gasteiger partial charge in [-0.3, -0.25) is 0 Å². The fourth-order valence-electron chi connectivity index (χ4n) is 3.04. The molecule has 0 saturated heterocycles.